The molecule has 2 aliphatic rings. The summed E-state index contributed by atoms with van der Waals surface area (Å²) in [6, 6.07) is 2.38. The van der Waals surface area contributed by atoms with Crippen LogP contribution in [0.25, 0.3) is 0 Å². The van der Waals surface area contributed by atoms with Gasteiger partial charge < -0.3 is 26.2 Å². The standard InChI is InChI=1S/C32H46N6O5/c1-3-5-6-25(31(43)23-40)19-34-26-17-30(42)32(35-20-26)37-14-15-38(27(4-2)22-37)28-9-12-36(13-10-28)21-24(11-16-39)7-8-29(41)18-33/h7-8,11,16-20,23,27-28,34,41-42H,3-6,9-10,12-15,21-22,33H2,1-2H3/b8-7-,24-11-,25-19+,29-18+. The lowest BCUT2D eigenvalue weighted by molar-refractivity contribution is -0.127. The highest BCUT2D eigenvalue weighted by molar-refractivity contribution is 6.33. The summed E-state index contributed by atoms with van der Waals surface area (Å²) in [6.07, 6.45) is 15.3. The number of hydrogen-bond donors (Lipinski definition) is 4. The van der Waals surface area contributed by atoms with Gasteiger partial charge in [0, 0.05) is 62.3 Å². The number of hydrogen-bond acceptors (Lipinski definition) is 11. The van der Waals surface area contributed by atoms with Crippen LogP contribution in [0.3, 0.4) is 0 Å². The van der Waals surface area contributed by atoms with Crippen molar-refractivity contribution >= 4 is 29.9 Å². The molecule has 0 amide bonds. The maximum absolute atomic E-state index is 11.9. The molecule has 11 nitrogen and oxygen atoms in total. The van der Waals surface area contributed by atoms with Gasteiger partial charge in [-0.2, -0.15) is 0 Å². The highest BCUT2D eigenvalue weighted by Crippen LogP contribution is 2.31. The Balaban J connectivity index is 1.58. The fourth-order valence-corrected chi connectivity index (χ4v) is 5.72. The van der Waals surface area contributed by atoms with Gasteiger partial charge in [-0.15, -0.1) is 0 Å². The number of aliphatic hydroxyl groups is 1. The number of nitrogens with one attached hydrogen (secondary N) is 1. The smallest absolute Gasteiger partial charge is 0.222 e. The van der Waals surface area contributed by atoms with Crippen molar-refractivity contribution in [3.05, 3.63) is 59.8 Å². The first-order valence-electron chi connectivity index (χ1n) is 15.1. The molecule has 0 aromatic carbocycles. The summed E-state index contributed by atoms with van der Waals surface area (Å²) in [4.78, 5) is 45.6. The van der Waals surface area contributed by atoms with Crippen molar-refractivity contribution in [2.24, 2.45) is 5.73 Å². The van der Waals surface area contributed by atoms with Gasteiger partial charge in [-0.3, -0.25) is 24.2 Å². The number of likely N-dealkylation sites (tertiary alicyclic amines) is 1. The number of rotatable bonds is 15. The van der Waals surface area contributed by atoms with Crippen molar-refractivity contribution in [3.63, 3.8) is 0 Å². The number of piperidine rings is 1. The number of carbonyl (C=O) groups is 3. The third-order valence-corrected chi connectivity index (χ3v) is 8.14. The number of Topliss-reactive ketones (excluding diaryl/α,β-unsaturated/α-hetero) is 1. The molecule has 0 radical (unpaired) electrons. The van der Waals surface area contributed by atoms with E-state index in [0.717, 1.165) is 82.9 Å². The summed E-state index contributed by atoms with van der Waals surface area (Å²) in [5.41, 5.74) is 7.08. The maximum atomic E-state index is 11.9. The Labute approximate surface area is 254 Å². The fraction of sp³-hybridized carbons (Fsp3) is 0.500. The fourth-order valence-electron chi connectivity index (χ4n) is 5.72. The van der Waals surface area contributed by atoms with Crippen molar-refractivity contribution in [3.8, 4) is 5.75 Å². The minimum absolute atomic E-state index is 0.0475. The van der Waals surface area contributed by atoms with E-state index in [0.29, 0.717) is 48.4 Å². The first-order chi connectivity index (χ1) is 20.8. The van der Waals surface area contributed by atoms with E-state index in [1.165, 1.54) is 18.4 Å². The van der Waals surface area contributed by atoms with Crippen LogP contribution in [-0.2, 0) is 14.4 Å². The Bertz CT molecular complexity index is 1220. The summed E-state index contributed by atoms with van der Waals surface area (Å²) >= 11 is 0. The molecule has 1 aromatic heterocycles. The number of carbonyl (C=O) groups excluding carboxylic acids is 3. The van der Waals surface area contributed by atoms with Gasteiger partial charge in [0.25, 0.3) is 0 Å². The lowest BCUT2D eigenvalue weighted by Crippen LogP contribution is -2.58. The van der Waals surface area contributed by atoms with Gasteiger partial charge in [0.2, 0.25) is 5.78 Å². The first-order valence-corrected chi connectivity index (χ1v) is 15.1. The third-order valence-electron chi connectivity index (χ3n) is 8.14. The Morgan fingerprint density at radius 2 is 1.93 bits per heavy atom. The van der Waals surface area contributed by atoms with E-state index in [2.05, 4.69) is 31.9 Å². The van der Waals surface area contributed by atoms with E-state index in [1.807, 2.05) is 6.92 Å². The number of aliphatic hydroxyl groups excluding tert-OH is 1. The zero-order chi connectivity index (χ0) is 31.2. The topological polar surface area (TPSA) is 152 Å². The van der Waals surface area contributed by atoms with E-state index in [1.54, 1.807) is 18.3 Å². The third kappa shape index (κ3) is 9.79. The van der Waals surface area contributed by atoms with Crippen LogP contribution in [0.4, 0.5) is 11.5 Å². The number of allylic oxidation sites excluding steroid dienone is 3. The van der Waals surface area contributed by atoms with Crippen LogP contribution >= 0.6 is 0 Å². The summed E-state index contributed by atoms with van der Waals surface area (Å²) in [6.45, 7) is 9.03. The van der Waals surface area contributed by atoms with E-state index in [4.69, 9.17) is 5.73 Å². The van der Waals surface area contributed by atoms with E-state index in [9.17, 15) is 24.6 Å². The molecule has 2 saturated heterocycles. The quantitative estimate of drug-likeness (QED) is 0.0777. The monoisotopic (exact) mass is 594 g/mol. The number of nitrogens with two attached hydrogens (primary N) is 1. The molecule has 234 valence electrons. The molecule has 0 aliphatic carbocycles. The van der Waals surface area contributed by atoms with Crippen LogP contribution in [0, 0.1) is 0 Å². The van der Waals surface area contributed by atoms with Crippen LogP contribution in [0.2, 0.25) is 0 Å². The van der Waals surface area contributed by atoms with Crippen molar-refractivity contribution in [2.45, 2.75) is 64.5 Å². The summed E-state index contributed by atoms with van der Waals surface area (Å²) in [5.74, 6) is 0.0115. The van der Waals surface area contributed by atoms with Crippen molar-refractivity contribution < 1.29 is 24.6 Å². The molecular formula is C32H46N6O5. The van der Waals surface area contributed by atoms with E-state index in [-0.39, 0.29) is 11.5 Å². The normalized spacial score (nSPS) is 20.0. The first kappa shape index (κ1) is 33.5. The van der Waals surface area contributed by atoms with Crippen molar-refractivity contribution in [1.29, 1.82) is 0 Å². The molecule has 1 aromatic rings. The van der Waals surface area contributed by atoms with Crippen LogP contribution in [0.15, 0.2) is 59.8 Å². The zero-order valence-electron chi connectivity index (χ0n) is 25.3. The van der Waals surface area contributed by atoms with Gasteiger partial charge in [0.15, 0.2) is 17.9 Å². The summed E-state index contributed by atoms with van der Waals surface area (Å²) in [7, 11) is 0. The van der Waals surface area contributed by atoms with Gasteiger partial charge in [-0.25, -0.2) is 4.98 Å². The molecular weight excluding hydrogens is 548 g/mol. The molecule has 2 aliphatic heterocycles. The molecule has 43 heavy (non-hydrogen) atoms. The van der Waals surface area contributed by atoms with Crippen molar-refractivity contribution in [2.75, 3.05) is 49.5 Å². The largest absolute Gasteiger partial charge is 0.506 e. The molecule has 0 bridgehead atoms. The number of pyridine rings is 1. The number of aldehydes is 2. The van der Waals surface area contributed by atoms with Crippen LogP contribution < -0.4 is 16.0 Å². The second-order valence-electron chi connectivity index (χ2n) is 11.0. The minimum atomic E-state index is -0.544. The van der Waals surface area contributed by atoms with Gasteiger partial charge in [-0.05, 0) is 62.9 Å². The van der Waals surface area contributed by atoms with Gasteiger partial charge in [0.05, 0.1) is 11.9 Å². The molecule has 0 spiro atoms. The Morgan fingerprint density at radius 3 is 2.56 bits per heavy atom. The van der Waals surface area contributed by atoms with E-state index >= 15 is 0 Å². The average Bonchev–Trinajstić information content (AvgIpc) is 3.03. The number of ketones is 1. The van der Waals surface area contributed by atoms with Crippen molar-refractivity contribution in [1.82, 2.24) is 14.8 Å². The Morgan fingerprint density at radius 1 is 1.16 bits per heavy atom. The predicted octanol–water partition coefficient (Wildman–Crippen LogP) is 3.45. The molecule has 3 rings (SSSR count). The zero-order valence-corrected chi connectivity index (χ0v) is 25.3. The number of anilines is 2. The molecule has 3 heterocycles. The average molecular weight is 595 g/mol. The van der Waals surface area contributed by atoms with Gasteiger partial charge in [-0.1, -0.05) is 26.3 Å². The lowest BCUT2D eigenvalue weighted by atomic mass is 9.97. The second-order valence-corrected chi connectivity index (χ2v) is 11.0. The second kappa shape index (κ2) is 17.2. The number of nitrogens with zero attached hydrogens (tertiary/aromatic N) is 4. The molecule has 1 unspecified atom stereocenters. The Kier molecular flexibility index (Phi) is 13.4. The molecule has 11 heteroatoms. The number of aromatic nitrogens is 1. The van der Waals surface area contributed by atoms with Crippen LogP contribution in [-0.4, -0.2) is 94.7 Å². The lowest BCUT2D eigenvalue weighted by Gasteiger charge is -2.47. The van der Waals surface area contributed by atoms with E-state index < -0.39 is 5.78 Å². The summed E-state index contributed by atoms with van der Waals surface area (Å²) < 4.78 is 0. The van der Waals surface area contributed by atoms with Gasteiger partial charge >= 0.3 is 0 Å². The molecule has 1 atom stereocenters. The molecule has 2 fully saturated rings. The SMILES string of the molecule is CCCC/C(=C\Nc1cnc(N2CCN(C3CCN(CC(/C=C\C(O)=C/N)=C\C=O)CC3)C(CC)C2)c(O)c1)C(=O)C=O. The van der Waals surface area contributed by atoms with Gasteiger partial charge in [0.1, 0.15) is 12.0 Å². The van der Waals surface area contributed by atoms with Crippen LogP contribution in [0.5, 0.6) is 5.75 Å². The number of aromatic hydroxyl groups is 1. The summed E-state index contributed by atoms with van der Waals surface area (Å²) in [5, 5.41) is 23.4. The predicted molar refractivity (Wildman–Crippen MR) is 169 cm³/mol. The highest BCUT2D eigenvalue weighted by Gasteiger charge is 2.34. The number of piperazine rings is 1. The molecule has 5 N–H and O–H groups in total. The number of unbranched alkanes of at least 4 members (excludes halogenated alkanes) is 1. The highest BCUT2D eigenvalue weighted by atomic mass is 16.3. The minimum Gasteiger partial charge on any atom is -0.506 e. The maximum Gasteiger partial charge on any atom is 0.222 e. The molecule has 0 saturated carbocycles. The van der Waals surface area contributed by atoms with Crippen LogP contribution in [0.1, 0.15) is 52.4 Å². The Hall–Kier alpha value is -3.96.